The van der Waals surface area contributed by atoms with E-state index >= 15 is 0 Å². The van der Waals surface area contributed by atoms with E-state index in [0.717, 1.165) is 42.5 Å². The van der Waals surface area contributed by atoms with Gasteiger partial charge in [0.15, 0.2) is 11.7 Å². The van der Waals surface area contributed by atoms with E-state index in [1.807, 2.05) is 4.90 Å². The topological polar surface area (TPSA) is 69.6 Å². The molecule has 0 radical (unpaired) electrons. The number of hydrogen-bond donors (Lipinski definition) is 2. The van der Waals surface area contributed by atoms with Crippen LogP contribution in [0.3, 0.4) is 0 Å². The molecule has 10 heteroatoms. The number of rotatable bonds is 7. The summed E-state index contributed by atoms with van der Waals surface area (Å²) in [7, 11) is 1.60. The number of likely N-dealkylation sites (tertiary alicyclic amines) is 1. The number of thiazole rings is 1. The Bertz CT molecular complexity index is 632. The molecule has 0 spiro atoms. The third kappa shape index (κ3) is 5.58. The van der Waals surface area contributed by atoms with Gasteiger partial charge < -0.3 is 15.5 Å². The van der Waals surface area contributed by atoms with Gasteiger partial charge in [-0.1, -0.05) is 6.92 Å². The Labute approximate surface area is 154 Å². The summed E-state index contributed by atoms with van der Waals surface area (Å²) < 4.78 is 37.7. The van der Waals surface area contributed by atoms with Crippen LogP contribution >= 0.6 is 11.3 Å². The molecule has 1 saturated heterocycles. The number of nitrogens with zero attached hydrogens (tertiary/aromatic N) is 3. The van der Waals surface area contributed by atoms with Crippen LogP contribution in [0, 0.1) is 0 Å². The van der Waals surface area contributed by atoms with Crippen molar-refractivity contribution in [1.82, 2.24) is 20.5 Å². The van der Waals surface area contributed by atoms with E-state index in [0.29, 0.717) is 23.9 Å². The van der Waals surface area contributed by atoms with E-state index in [4.69, 9.17) is 0 Å². The van der Waals surface area contributed by atoms with Crippen LogP contribution in [-0.4, -0.2) is 47.9 Å². The van der Waals surface area contributed by atoms with Gasteiger partial charge in [-0.25, -0.2) is 4.98 Å². The molecular weight excluding hydrogens is 367 g/mol. The lowest BCUT2D eigenvalue weighted by atomic mass is 10.1. The molecule has 1 aromatic rings. The zero-order valence-corrected chi connectivity index (χ0v) is 15.7. The molecule has 1 atom stereocenters. The highest BCUT2D eigenvalue weighted by atomic mass is 32.1. The monoisotopic (exact) mass is 391 g/mol. The number of carbonyl (C=O) groups is 1. The molecule has 1 aliphatic heterocycles. The molecule has 26 heavy (non-hydrogen) atoms. The maximum atomic E-state index is 12.6. The van der Waals surface area contributed by atoms with Gasteiger partial charge in [0.25, 0.3) is 0 Å². The number of nitrogens with one attached hydrogen (secondary N) is 2. The fourth-order valence-electron chi connectivity index (χ4n) is 2.89. The van der Waals surface area contributed by atoms with Gasteiger partial charge in [0.05, 0.1) is 6.54 Å². The molecule has 1 aromatic heterocycles. The first kappa shape index (κ1) is 20.5. The van der Waals surface area contributed by atoms with Gasteiger partial charge in [-0.3, -0.25) is 9.79 Å². The third-order valence-corrected chi connectivity index (χ3v) is 5.11. The van der Waals surface area contributed by atoms with E-state index in [9.17, 15) is 18.0 Å². The molecule has 0 saturated carbocycles. The minimum absolute atomic E-state index is 0.169. The van der Waals surface area contributed by atoms with Crippen molar-refractivity contribution >= 4 is 23.2 Å². The SMILES string of the molecule is CCC(CCNC(=NC)NCc1nc(C(F)(F)F)cs1)N1CCCC1=O. The Hall–Kier alpha value is -1.84. The van der Waals surface area contributed by atoms with Gasteiger partial charge in [-0.05, 0) is 19.3 Å². The minimum atomic E-state index is -4.42. The zero-order valence-electron chi connectivity index (χ0n) is 14.9. The minimum Gasteiger partial charge on any atom is -0.356 e. The first-order valence-corrected chi connectivity index (χ1v) is 9.48. The van der Waals surface area contributed by atoms with E-state index < -0.39 is 11.9 Å². The number of aromatic nitrogens is 1. The van der Waals surface area contributed by atoms with Gasteiger partial charge in [0, 0.05) is 38.0 Å². The van der Waals surface area contributed by atoms with Crippen molar-refractivity contribution in [2.24, 2.45) is 4.99 Å². The maximum absolute atomic E-state index is 12.6. The van der Waals surface area contributed by atoms with Crippen LogP contribution in [-0.2, 0) is 17.5 Å². The van der Waals surface area contributed by atoms with Crippen molar-refractivity contribution in [2.75, 3.05) is 20.1 Å². The molecule has 1 fully saturated rings. The molecule has 1 aliphatic rings. The Morgan fingerprint density at radius 3 is 2.77 bits per heavy atom. The molecule has 1 amide bonds. The van der Waals surface area contributed by atoms with Crippen molar-refractivity contribution in [3.05, 3.63) is 16.1 Å². The first-order valence-electron chi connectivity index (χ1n) is 8.60. The van der Waals surface area contributed by atoms with Crippen molar-refractivity contribution in [2.45, 2.75) is 51.4 Å². The number of guanidine groups is 1. The molecule has 2 N–H and O–H groups in total. The predicted molar refractivity (Wildman–Crippen MR) is 95.0 cm³/mol. The van der Waals surface area contributed by atoms with Crippen molar-refractivity contribution in [3.8, 4) is 0 Å². The van der Waals surface area contributed by atoms with Gasteiger partial charge >= 0.3 is 6.18 Å². The third-order valence-electron chi connectivity index (χ3n) is 4.26. The Balaban J connectivity index is 1.77. The zero-order chi connectivity index (χ0) is 19.2. The molecule has 0 aliphatic carbocycles. The summed E-state index contributed by atoms with van der Waals surface area (Å²) in [6.07, 6.45) is -1.20. The molecule has 2 rings (SSSR count). The number of amides is 1. The second kappa shape index (κ2) is 9.20. The van der Waals surface area contributed by atoms with Gasteiger partial charge in [-0.2, -0.15) is 13.2 Å². The average molecular weight is 391 g/mol. The number of carbonyl (C=O) groups excluding carboxylic acids is 1. The number of halogens is 3. The maximum Gasteiger partial charge on any atom is 0.434 e. The summed E-state index contributed by atoms with van der Waals surface area (Å²) in [5.74, 6) is 0.708. The highest BCUT2D eigenvalue weighted by molar-refractivity contribution is 7.09. The highest BCUT2D eigenvalue weighted by Gasteiger charge is 2.33. The molecule has 1 unspecified atom stereocenters. The lowest BCUT2D eigenvalue weighted by Gasteiger charge is -2.27. The van der Waals surface area contributed by atoms with E-state index in [2.05, 4.69) is 27.5 Å². The summed E-state index contributed by atoms with van der Waals surface area (Å²) in [6.45, 7) is 3.66. The smallest absolute Gasteiger partial charge is 0.356 e. The van der Waals surface area contributed by atoms with Crippen LogP contribution in [0.2, 0.25) is 0 Å². The molecule has 146 valence electrons. The van der Waals surface area contributed by atoms with Gasteiger partial charge in [0.1, 0.15) is 5.01 Å². The summed E-state index contributed by atoms with van der Waals surface area (Å²) in [4.78, 5) is 21.4. The van der Waals surface area contributed by atoms with Crippen LogP contribution in [0.5, 0.6) is 0 Å². The summed E-state index contributed by atoms with van der Waals surface area (Å²) in [5, 5.41) is 7.44. The number of alkyl halides is 3. The fraction of sp³-hybridized carbons (Fsp3) is 0.688. The number of aliphatic imine (C=N–C) groups is 1. The molecular formula is C16H24F3N5OS. The summed E-state index contributed by atoms with van der Waals surface area (Å²) in [6, 6.07) is 0.198. The normalized spacial score (nSPS) is 16.9. The van der Waals surface area contributed by atoms with Gasteiger partial charge in [-0.15, -0.1) is 11.3 Å². The largest absolute Gasteiger partial charge is 0.434 e. The molecule has 6 nitrogen and oxygen atoms in total. The Kier molecular flexibility index (Phi) is 7.24. The summed E-state index contributed by atoms with van der Waals surface area (Å²) in [5.41, 5.74) is -0.872. The lowest BCUT2D eigenvalue weighted by Crippen LogP contribution is -2.41. The predicted octanol–water partition coefficient (Wildman–Crippen LogP) is 2.62. The second-order valence-corrected chi connectivity index (χ2v) is 6.96. The highest BCUT2D eigenvalue weighted by Crippen LogP contribution is 2.29. The van der Waals surface area contributed by atoms with E-state index in [-0.39, 0.29) is 18.5 Å². The Morgan fingerprint density at radius 1 is 1.46 bits per heavy atom. The Morgan fingerprint density at radius 2 is 2.23 bits per heavy atom. The van der Waals surface area contributed by atoms with Crippen LogP contribution in [0.1, 0.15) is 43.3 Å². The van der Waals surface area contributed by atoms with Crippen molar-refractivity contribution in [1.29, 1.82) is 0 Å². The first-order chi connectivity index (χ1) is 12.3. The van der Waals surface area contributed by atoms with E-state index in [1.165, 1.54) is 0 Å². The quantitative estimate of drug-likeness (QED) is 0.554. The number of hydrogen-bond acceptors (Lipinski definition) is 4. The van der Waals surface area contributed by atoms with Crippen LogP contribution < -0.4 is 10.6 Å². The molecule has 2 heterocycles. The van der Waals surface area contributed by atoms with Gasteiger partial charge in [0.2, 0.25) is 5.91 Å². The van der Waals surface area contributed by atoms with Crippen molar-refractivity contribution < 1.29 is 18.0 Å². The van der Waals surface area contributed by atoms with Crippen molar-refractivity contribution in [3.63, 3.8) is 0 Å². The van der Waals surface area contributed by atoms with Crippen LogP contribution in [0.25, 0.3) is 0 Å². The molecule has 0 bridgehead atoms. The standard InChI is InChI=1S/C16H24F3N5OS/c1-3-11(24-8-4-5-14(24)25)6-7-21-15(20-2)22-9-13-23-12(10-26-13)16(17,18)19/h10-11H,3-9H2,1-2H3,(H2,20,21,22). The van der Waals surface area contributed by atoms with Crippen LogP contribution in [0.4, 0.5) is 13.2 Å². The lowest BCUT2D eigenvalue weighted by molar-refractivity contribution is -0.140. The molecule has 0 aromatic carbocycles. The fourth-order valence-corrected chi connectivity index (χ4v) is 3.64. The average Bonchev–Trinajstić information content (AvgIpc) is 3.23. The van der Waals surface area contributed by atoms with Crippen LogP contribution in [0.15, 0.2) is 10.4 Å². The van der Waals surface area contributed by atoms with E-state index in [1.54, 1.807) is 7.05 Å². The summed E-state index contributed by atoms with van der Waals surface area (Å²) >= 11 is 0.958. The second-order valence-electron chi connectivity index (χ2n) is 6.02.